The van der Waals surface area contributed by atoms with E-state index in [4.69, 9.17) is 14.2 Å². The van der Waals surface area contributed by atoms with E-state index in [1.807, 2.05) is 6.92 Å². The average Bonchev–Trinajstić information content (AvgIpc) is 3.40. The maximum Gasteiger partial charge on any atom is 0.352 e. The fourth-order valence-corrected chi connectivity index (χ4v) is 4.09. The van der Waals surface area contributed by atoms with Crippen LogP contribution in [0.4, 0.5) is 14.6 Å². The van der Waals surface area contributed by atoms with E-state index in [1.165, 1.54) is 6.20 Å². The average molecular weight is 459 g/mol. The Labute approximate surface area is 188 Å². The van der Waals surface area contributed by atoms with Crippen LogP contribution in [0.25, 0.3) is 0 Å². The summed E-state index contributed by atoms with van der Waals surface area (Å²) in [4.78, 5) is 18.5. The molecule has 2 aliphatic rings. The summed E-state index contributed by atoms with van der Waals surface area (Å²) in [5.41, 5.74) is -0.188. The summed E-state index contributed by atoms with van der Waals surface area (Å²) >= 11 is 0. The van der Waals surface area contributed by atoms with Crippen molar-refractivity contribution in [2.45, 2.75) is 39.1 Å². The molecule has 5 rings (SSSR count). The lowest BCUT2D eigenvalue weighted by Crippen LogP contribution is -2.43. The van der Waals surface area contributed by atoms with Gasteiger partial charge in [-0.25, -0.2) is 13.6 Å². The van der Waals surface area contributed by atoms with Gasteiger partial charge < -0.3 is 19.1 Å². The maximum atomic E-state index is 14.6. The second-order valence-corrected chi connectivity index (χ2v) is 7.99. The van der Waals surface area contributed by atoms with Gasteiger partial charge in [0.1, 0.15) is 12.4 Å². The van der Waals surface area contributed by atoms with E-state index in [-0.39, 0.29) is 29.8 Å². The van der Waals surface area contributed by atoms with Crippen molar-refractivity contribution in [1.82, 2.24) is 19.3 Å². The van der Waals surface area contributed by atoms with E-state index in [2.05, 4.69) is 15.0 Å². The molecule has 3 aromatic rings. The molecule has 0 N–H and O–H groups in total. The molecule has 0 radical (unpaired) electrons. The van der Waals surface area contributed by atoms with E-state index in [9.17, 15) is 13.6 Å². The van der Waals surface area contributed by atoms with Crippen molar-refractivity contribution in [3.63, 3.8) is 0 Å². The molecule has 1 aromatic carbocycles. The van der Waals surface area contributed by atoms with Gasteiger partial charge in [-0.05, 0) is 24.1 Å². The Morgan fingerprint density at radius 3 is 2.85 bits per heavy atom. The smallest absolute Gasteiger partial charge is 0.352 e. The molecule has 0 unspecified atom stereocenters. The number of benzene rings is 1. The maximum absolute atomic E-state index is 14.6. The van der Waals surface area contributed by atoms with Crippen molar-refractivity contribution in [3.8, 4) is 17.4 Å². The minimum absolute atomic E-state index is 0.0910. The third-order valence-corrected chi connectivity index (χ3v) is 5.61. The van der Waals surface area contributed by atoms with Crippen molar-refractivity contribution in [2.75, 3.05) is 24.7 Å². The first-order valence-corrected chi connectivity index (χ1v) is 10.8. The highest BCUT2D eigenvalue weighted by Crippen LogP contribution is 2.30. The molecule has 4 heterocycles. The van der Waals surface area contributed by atoms with Gasteiger partial charge >= 0.3 is 5.69 Å². The van der Waals surface area contributed by atoms with Crippen molar-refractivity contribution in [1.29, 1.82) is 0 Å². The molecule has 33 heavy (non-hydrogen) atoms. The Hall–Kier alpha value is -3.47. The highest BCUT2D eigenvalue weighted by molar-refractivity contribution is 5.47. The van der Waals surface area contributed by atoms with E-state index >= 15 is 0 Å². The van der Waals surface area contributed by atoms with Gasteiger partial charge in [0.15, 0.2) is 23.1 Å². The SMILES string of the molecule is CCCn1cc(Oc2c(F)cc(COc3cc4n(c(=O)n3)C[C@@H]3COCCN43)cc2F)cn1. The first kappa shape index (κ1) is 21.4. The molecule has 2 aromatic heterocycles. The van der Waals surface area contributed by atoms with Gasteiger partial charge in [-0.3, -0.25) is 9.25 Å². The normalized spacial score (nSPS) is 17.1. The molecular formula is C22H23F2N5O4. The van der Waals surface area contributed by atoms with Gasteiger partial charge in [-0.15, -0.1) is 0 Å². The van der Waals surface area contributed by atoms with Gasteiger partial charge in [0.25, 0.3) is 0 Å². The third-order valence-electron chi connectivity index (χ3n) is 5.61. The van der Waals surface area contributed by atoms with Crippen LogP contribution >= 0.6 is 0 Å². The van der Waals surface area contributed by atoms with Crippen molar-refractivity contribution < 1.29 is 23.0 Å². The van der Waals surface area contributed by atoms with Crippen LogP contribution in [0, 0.1) is 11.6 Å². The molecule has 2 aliphatic heterocycles. The molecule has 9 nitrogen and oxygen atoms in total. The van der Waals surface area contributed by atoms with Crippen LogP contribution < -0.4 is 20.1 Å². The Morgan fingerprint density at radius 1 is 1.24 bits per heavy atom. The zero-order chi connectivity index (χ0) is 22.9. The Kier molecular flexibility index (Phi) is 5.71. The predicted octanol–water partition coefficient (Wildman–Crippen LogP) is 2.72. The van der Waals surface area contributed by atoms with Crippen molar-refractivity contribution in [2.24, 2.45) is 0 Å². The largest absolute Gasteiger partial charge is 0.473 e. The van der Waals surface area contributed by atoms with Crippen LogP contribution in [0.1, 0.15) is 18.9 Å². The summed E-state index contributed by atoms with van der Waals surface area (Å²) in [6.07, 6.45) is 3.86. The highest BCUT2D eigenvalue weighted by Gasteiger charge is 2.33. The second-order valence-electron chi connectivity index (χ2n) is 7.99. The fourth-order valence-electron chi connectivity index (χ4n) is 4.09. The van der Waals surface area contributed by atoms with Crippen LogP contribution in [0.2, 0.25) is 0 Å². The standard InChI is InChI=1S/C22H23F2N5O4/c1-2-3-27-11-16(9-25-27)33-21-17(23)6-14(7-18(21)24)12-32-19-8-20-28-4-5-31-13-15(28)10-29(20)22(30)26-19/h6-9,11,15H,2-5,10,12-13H2,1H3/t15-/m1/s1. The van der Waals surface area contributed by atoms with Crippen LogP contribution in [0.3, 0.4) is 0 Å². The number of hydrogen-bond donors (Lipinski definition) is 0. The number of aryl methyl sites for hydroxylation is 1. The number of hydrogen-bond acceptors (Lipinski definition) is 7. The van der Waals surface area contributed by atoms with E-state index < -0.39 is 23.1 Å². The Balaban J connectivity index is 1.29. The molecule has 0 aliphatic carbocycles. The lowest BCUT2D eigenvalue weighted by molar-refractivity contribution is 0.0956. The Bertz CT molecular complexity index is 1200. The third kappa shape index (κ3) is 4.28. The minimum atomic E-state index is -0.866. The number of anilines is 1. The summed E-state index contributed by atoms with van der Waals surface area (Å²) in [5.74, 6) is -1.19. The molecule has 0 bridgehead atoms. The number of aromatic nitrogens is 4. The molecule has 1 fully saturated rings. The lowest BCUT2D eigenvalue weighted by Gasteiger charge is -2.30. The molecule has 0 spiro atoms. The quantitative estimate of drug-likeness (QED) is 0.537. The van der Waals surface area contributed by atoms with E-state index in [0.717, 1.165) is 18.6 Å². The summed E-state index contributed by atoms with van der Waals surface area (Å²) in [5, 5.41) is 4.08. The predicted molar refractivity (Wildman–Crippen MR) is 114 cm³/mol. The summed E-state index contributed by atoms with van der Waals surface area (Å²) in [7, 11) is 0. The molecule has 1 atom stereocenters. The van der Waals surface area contributed by atoms with Crippen molar-refractivity contribution in [3.05, 3.63) is 58.3 Å². The molecule has 1 saturated heterocycles. The number of fused-ring (bicyclic) bond motifs is 3. The molecular weight excluding hydrogens is 436 g/mol. The first-order valence-electron chi connectivity index (χ1n) is 10.8. The van der Waals surface area contributed by atoms with E-state index in [1.54, 1.807) is 21.5 Å². The second kappa shape index (κ2) is 8.81. The van der Waals surface area contributed by atoms with Gasteiger partial charge in [-0.1, -0.05) is 6.92 Å². The number of ether oxygens (including phenoxy) is 3. The number of halogens is 2. The number of morpholine rings is 1. The van der Waals surface area contributed by atoms with Crippen LogP contribution in [0.15, 0.2) is 35.4 Å². The van der Waals surface area contributed by atoms with Crippen LogP contribution in [0.5, 0.6) is 17.4 Å². The van der Waals surface area contributed by atoms with Gasteiger partial charge in [0.05, 0.1) is 38.2 Å². The zero-order valence-corrected chi connectivity index (χ0v) is 18.0. The van der Waals surface area contributed by atoms with E-state index in [0.29, 0.717) is 38.7 Å². The lowest BCUT2D eigenvalue weighted by atomic mass is 10.2. The monoisotopic (exact) mass is 459 g/mol. The summed E-state index contributed by atoms with van der Waals surface area (Å²) in [6.45, 7) is 4.82. The molecule has 174 valence electrons. The highest BCUT2D eigenvalue weighted by atomic mass is 19.1. The van der Waals surface area contributed by atoms with Gasteiger partial charge in [-0.2, -0.15) is 10.1 Å². The number of nitrogens with zero attached hydrogens (tertiary/aromatic N) is 5. The van der Waals surface area contributed by atoms with Gasteiger partial charge in [0.2, 0.25) is 5.88 Å². The molecule has 0 amide bonds. The fraction of sp³-hybridized carbons (Fsp3) is 0.409. The van der Waals surface area contributed by atoms with Crippen LogP contribution in [-0.4, -0.2) is 45.1 Å². The number of rotatable bonds is 7. The zero-order valence-electron chi connectivity index (χ0n) is 18.0. The minimum Gasteiger partial charge on any atom is -0.473 e. The Morgan fingerprint density at radius 2 is 2.06 bits per heavy atom. The summed E-state index contributed by atoms with van der Waals surface area (Å²) in [6, 6.07) is 4.03. The topological polar surface area (TPSA) is 83.6 Å². The first-order chi connectivity index (χ1) is 16.0. The van der Waals surface area contributed by atoms with Crippen molar-refractivity contribution >= 4 is 5.82 Å². The van der Waals surface area contributed by atoms with Gasteiger partial charge in [0, 0.05) is 19.2 Å². The molecule has 11 heteroatoms. The summed E-state index contributed by atoms with van der Waals surface area (Å²) < 4.78 is 48.8. The molecule has 0 saturated carbocycles. The van der Waals surface area contributed by atoms with Crippen LogP contribution in [-0.2, 0) is 24.4 Å².